The zero-order chi connectivity index (χ0) is 28.8. The third-order valence-corrected chi connectivity index (χ3v) is 8.56. The molecule has 0 spiro atoms. The van der Waals surface area contributed by atoms with E-state index >= 15 is 0 Å². The van der Waals surface area contributed by atoms with Crippen LogP contribution in [0.5, 0.6) is 5.75 Å². The van der Waals surface area contributed by atoms with Crippen molar-refractivity contribution in [3.05, 3.63) is 70.3 Å². The van der Waals surface area contributed by atoms with E-state index in [4.69, 9.17) is 4.74 Å². The molecule has 212 valence electrons. The summed E-state index contributed by atoms with van der Waals surface area (Å²) in [4.78, 5) is 24.0. The first-order chi connectivity index (χ1) is 18.9. The Kier molecular flexibility index (Phi) is 7.36. The molecule has 10 nitrogen and oxygen atoms in total. The van der Waals surface area contributed by atoms with Crippen LogP contribution in [0.4, 0.5) is 14.7 Å². The molecule has 2 aromatic heterocycles. The number of hydrogen-bond donors (Lipinski definition) is 0. The number of ether oxygens (including phenoxy) is 1. The largest absolute Gasteiger partial charge is 0.434 e. The number of aromatic nitrogens is 4. The molecule has 0 amide bonds. The first-order valence-electron chi connectivity index (χ1n) is 12.7. The number of piperazine rings is 1. The van der Waals surface area contributed by atoms with E-state index in [9.17, 15) is 22.0 Å². The summed E-state index contributed by atoms with van der Waals surface area (Å²) in [6.45, 7) is 2.22. The number of anilines is 1. The molecule has 2 aromatic carbocycles. The van der Waals surface area contributed by atoms with Crippen molar-refractivity contribution in [1.29, 1.82) is 0 Å². The Balaban J connectivity index is 1.44. The quantitative estimate of drug-likeness (QED) is 0.335. The van der Waals surface area contributed by atoms with Crippen LogP contribution in [0.15, 0.2) is 53.6 Å². The van der Waals surface area contributed by atoms with Crippen LogP contribution < -0.4 is 15.2 Å². The monoisotopic (exact) mass is 572 g/mol. The highest BCUT2D eigenvalue weighted by molar-refractivity contribution is 7.88. The Morgan fingerprint density at radius 1 is 1.07 bits per heavy atom. The molecule has 0 radical (unpaired) electrons. The molecule has 4 aromatic rings. The Bertz CT molecular complexity index is 1720. The smallest absolute Gasteiger partial charge is 0.387 e. The Hall–Kier alpha value is -3.84. The summed E-state index contributed by atoms with van der Waals surface area (Å²) in [5, 5.41) is 0.491. The molecule has 0 aliphatic carbocycles. The first kappa shape index (κ1) is 27.7. The molecule has 1 saturated heterocycles. The van der Waals surface area contributed by atoms with Gasteiger partial charge in [0, 0.05) is 56.2 Å². The maximum absolute atomic E-state index is 13.0. The Morgan fingerprint density at radius 2 is 1.80 bits per heavy atom. The molecule has 1 aliphatic rings. The van der Waals surface area contributed by atoms with Crippen molar-refractivity contribution >= 4 is 26.9 Å². The molecule has 5 rings (SSSR count). The van der Waals surface area contributed by atoms with Gasteiger partial charge in [0.2, 0.25) is 16.0 Å². The summed E-state index contributed by atoms with van der Waals surface area (Å²) in [6.07, 6.45) is 4.60. The second-order valence-corrected chi connectivity index (χ2v) is 12.0. The van der Waals surface area contributed by atoms with E-state index in [-0.39, 0.29) is 23.9 Å². The zero-order valence-corrected chi connectivity index (χ0v) is 23.4. The minimum absolute atomic E-state index is 0.0572. The van der Waals surface area contributed by atoms with Crippen molar-refractivity contribution in [1.82, 2.24) is 23.6 Å². The number of alkyl halides is 2. The van der Waals surface area contributed by atoms with Crippen LogP contribution in [0.2, 0.25) is 0 Å². The van der Waals surface area contributed by atoms with Gasteiger partial charge in [-0.3, -0.25) is 14.2 Å². The molecule has 40 heavy (non-hydrogen) atoms. The van der Waals surface area contributed by atoms with E-state index in [1.165, 1.54) is 21.3 Å². The van der Waals surface area contributed by atoms with Gasteiger partial charge < -0.3 is 9.64 Å². The van der Waals surface area contributed by atoms with Crippen molar-refractivity contribution in [3.8, 4) is 16.9 Å². The summed E-state index contributed by atoms with van der Waals surface area (Å²) in [5.74, 6) is 0.564. The number of rotatable bonds is 7. The van der Waals surface area contributed by atoms with Crippen LogP contribution >= 0.6 is 0 Å². The second-order valence-electron chi connectivity index (χ2n) is 10.0. The van der Waals surface area contributed by atoms with Crippen molar-refractivity contribution in [2.45, 2.75) is 33.0 Å². The van der Waals surface area contributed by atoms with Crippen LogP contribution in [0.3, 0.4) is 0 Å². The molecule has 13 heteroatoms. The lowest BCUT2D eigenvalue weighted by molar-refractivity contribution is -0.0505. The zero-order valence-electron chi connectivity index (χ0n) is 22.6. The lowest BCUT2D eigenvalue weighted by atomic mass is 10.1. The van der Waals surface area contributed by atoms with Crippen LogP contribution in [0.25, 0.3) is 22.0 Å². The van der Waals surface area contributed by atoms with Crippen LogP contribution in [-0.4, -0.2) is 70.6 Å². The molecular formula is C27H30F2N6O4S. The molecule has 1 fully saturated rings. The molecule has 3 heterocycles. The maximum atomic E-state index is 13.0. The number of fused-ring (bicyclic) bond motifs is 1. The van der Waals surface area contributed by atoms with E-state index in [1.807, 2.05) is 30.9 Å². The van der Waals surface area contributed by atoms with Crippen molar-refractivity contribution in [3.63, 3.8) is 0 Å². The lowest BCUT2D eigenvalue weighted by Gasteiger charge is -2.38. The van der Waals surface area contributed by atoms with Crippen molar-refractivity contribution < 1.29 is 21.9 Å². The van der Waals surface area contributed by atoms with E-state index < -0.39 is 16.6 Å². The summed E-state index contributed by atoms with van der Waals surface area (Å²) in [5.41, 5.74) is 3.33. The molecule has 1 atom stereocenters. The normalized spacial score (nSPS) is 16.7. The molecule has 0 N–H and O–H groups in total. The number of sulfonamides is 1. The third-order valence-electron chi connectivity index (χ3n) is 7.16. The van der Waals surface area contributed by atoms with Gasteiger partial charge in [-0.05, 0) is 37.6 Å². The summed E-state index contributed by atoms with van der Waals surface area (Å²) >= 11 is 0. The van der Waals surface area contributed by atoms with E-state index in [2.05, 4.69) is 9.97 Å². The topological polar surface area (TPSA) is 103 Å². The average Bonchev–Trinajstić information content (AvgIpc) is 3.13. The average molecular weight is 573 g/mol. The van der Waals surface area contributed by atoms with Crippen molar-refractivity contribution in [2.24, 2.45) is 7.05 Å². The standard InChI is InChI=1S/C27H30F2N6O4S/c1-17-5-8-24(39-26(28)29)20(11-17)16-34-23-12-19(6-7-22(23)25(36)32(34)3)21-13-30-27(31-14-21)33-9-10-35(18(2)15-33)40(4,37)38/h5-8,11-14,18,26H,9-10,15-16H2,1-4H3/t18-/m0/s1. The van der Waals surface area contributed by atoms with Gasteiger partial charge >= 0.3 is 6.61 Å². The van der Waals surface area contributed by atoms with Gasteiger partial charge in [0.1, 0.15) is 5.75 Å². The predicted octanol–water partition coefficient (Wildman–Crippen LogP) is 3.23. The number of halogens is 2. The van der Waals surface area contributed by atoms with Crippen LogP contribution in [0, 0.1) is 6.92 Å². The molecule has 0 unspecified atom stereocenters. The minimum Gasteiger partial charge on any atom is -0.434 e. The van der Waals surface area contributed by atoms with E-state index in [1.54, 1.807) is 42.3 Å². The highest BCUT2D eigenvalue weighted by Gasteiger charge is 2.30. The predicted molar refractivity (Wildman–Crippen MR) is 148 cm³/mol. The highest BCUT2D eigenvalue weighted by atomic mass is 32.2. The van der Waals surface area contributed by atoms with Gasteiger partial charge in [0.15, 0.2) is 0 Å². The molecule has 0 saturated carbocycles. The summed E-state index contributed by atoms with van der Waals surface area (Å²) < 4.78 is 59.4. The summed E-state index contributed by atoms with van der Waals surface area (Å²) in [7, 11) is -1.64. The van der Waals surface area contributed by atoms with E-state index in [0.29, 0.717) is 42.0 Å². The van der Waals surface area contributed by atoms with Crippen LogP contribution in [0.1, 0.15) is 18.1 Å². The van der Waals surface area contributed by atoms with Crippen molar-refractivity contribution in [2.75, 3.05) is 30.8 Å². The minimum atomic E-state index is -3.28. The van der Waals surface area contributed by atoms with Gasteiger partial charge in [-0.2, -0.15) is 13.1 Å². The SMILES string of the molecule is Cc1ccc(OC(F)F)c(Cn2c3cc(-c4cnc(N5CCN(S(C)(=O)=O)[C@@H](C)C5)nc4)ccc3c(=O)n2C)c1. The number of benzene rings is 2. The van der Waals surface area contributed by atoms with E-state index in [0.717, 1.165) is 16.7 Å². The van der Waals surface area contributed by atoms with Crippen LogP contribution in [-0.2, 0) is 23.6 Å². The Morgan fingerprint density at radius 3 is 2.45 bits per heavy atom. The number of hydrogen-bond acceptors (Lipinski definition) is 7. The third kappa shape index (κ3) is 5.43. The maximum Gasteiger partial charge on any atom is 0.387 e. The number of nitrogens with zero attached hydrogens (tertiary/aromatic N) is 6. The fraction of sp³-hybridized carbons (Fsp3) is 0.370. The molecule has 1 aliphatic heterocycles. The van der Waals surface area contributed by atoms with Gasteiger partial charge in [-0.1, -0.05) is 23.8 Å². The molecular weight excluding hydrogens is 542 g/mol. The molecule has 0 bridgehead atoms. The Labute approximate surface area is 230 Å². The highest BCUT2D eigenvalue weighted by Crippen LogP contribution is 2.27. The van der Waals surface area contributed by atoms with Gasteiger partial charge in [-0.25, -0.2) is 18.4 Å². The fourth-order valence-corrected chi connectivity index (χ4v) is 6.33. The van der Waals surface area contributed by atoms with Gasteiger partial charge in [0.25, 0.3) is 5.56 Å². The van der Waals surface area contributed by atoms with Gasteiger partial charge in [-0.15, -0.1) is 0 Å². The first-order valence-corrected chi connectivity index (χ1v) is 14.6. The lowest BCUT2D eigenvalue weighted by Crippen LogP contribution is -2.54. The summed E-state index contributed by atoms with van der Waals surface area (Å²) in [6, 6.07) is 10.2. The second kappa shape index (κ2) is 10.6. The van der Waals surface area contributed by atoms with Gasteiger partial charge in [0.05, 0.1) is 23.7 Å². The fourth-order valence-electron chi connectivity index (χ4n) is 5.20. The number of aryl methyl sites for hydroxylation is 1.